The molecular weight excluding hydrogens is 394 g/mol. The Morgan fingerprint density at radius 3 is 2.26 bits per heavy atom. The quantitative estimate of drug-likeness (QED) is 0.693. The molecule has 1 atom stereocenters. The van der Waals surface area contributed by atoms with E-state index in [1.54, 1.807) is 17.0 Å². The van der Waals surface area contributed by atoms with E-state index in [1.807, 2.05) is 13.8 Å². The number of amides is 2. The number of carbonyl (C=O) groups excluding carboxylic acids is 2. The first-order chi connectivity index (χ1) is 14.9. The predicted octanol–water partition coefficient (Wildman–Crippen LogP) is 3.26. The maximum absolute atomic E-state index is 13.1. The van der Waals surface area contributed by atoms with Crippen molar-refractivity contribution >= 4 is 11.8 Å². The molecule has 3 rings (SSSR count). The van der Waals surface area contributed by atoms with E-state index in [4.69, 9.17) is 4.74 Å². The third-order valence-corrected chi connectivity index (χ3v) is 6.12. The van der Waals surface area contributed by atoms with E-state index in [9.17, 15) is 14.4 Å². The van der Waals surface area contributed by atoms with Crippen LogP contribution in [0.3, 0.4) is 0 Å². The van der Waals surface area contributed by atoms with Crippen LogP contribution in [0, 0.1) is 5.92 Å². The van der Waals surface area contributed by atoms with Crippen molar-refractivity contribution in [3.05, 3.63) is 33.7 Å². The van der Waals surface area contributed by atoms with Crippen LogP contribution in [0.1, 0.15) is 92.4 Å². The van der Waals surface area contributed by atoms with Gasteiger partial charge in [0.25, 0.3) is 11.8 Å². The average Bonchev–Trinajstić information content (AvgIpc) is 3.22. The fourth-order valence-electron chi connectivity index (χ4n) is 4.34. The normalized spacial score (nSPS) is 20.3. The molecule has 31 heavy (non-hydrogen) atoms. The molecule has 1 aliphatic carbocycles. The summed E-state index contributed by atoms with van der Waals surface area (Å²) in [6.45, 7) is 5.71. The first-order valence-electron chi connectivity index (χ1n) is 11.9. The van der Waals surface area contributed by atoms with Crippen LogP contribution in [-0.2, 0) is 11.3 Å². The number of hydrogen-bond donors (Lipinski definition) is 2. The van der Waals surface area contributed by atoms with Crippen molar-refractivity contribution in [1.82, 2.24) is 15.2 Å². The van der Waals surface area contributed by atoms with Crippen molar-refractivity contribution < 1.29 is 14.3 Å². The minimum absolute atomic E-state index is 0.0176. The van der Waals surface area contributed by atoms with Gasteiger partial charge in [-0.25, -0.2) is 0 Å². The minimum Gasteiger partial charge on any atom is -0.376 e. The van der Waals surface area contributed by atoms with Crippen LogP contribution in [-0.4, -0.2) is 41.7 Å². The lowest BCUT2D eigenvalue weighted by atomic mass is 9.96. The van der Waals surface area contributed by atoms with Gasteiger partial charge in [0.1, 0.15) is 11.1 Å². The first kappa shape index (κ1) is 23.5. The SMILES string of the molecule is CC(C)CNC(=O)c1cn(C[C@@H]2CCCO2)cc(C(=O)NC2CCCCCCC2)c1=O. The van der Waals surface area contributed by atoms with Gasteiger partial charge in [0, 0.05) is 38.1 Å². The van der Waals surface area contributed by atoms with E-state index >= 15 is 0 Å². The summed E-state index contributed by atoms with van der Waals surface area (Å²) < 4.78 is 7.49. The van der Waals surface area contributed by atoms with Gasteiger partial charge in [-0.15, -0.1) is 0 Å². The topological polar surface area (TPSA) is 89.4 Å². The highest BCUT2D eigenvalue weighted by atomic mass is 16.5. The molecule has 1 saturated heterocycles. The van der Waals surface area contributed by atoms with Gasteiger partial charge in [-0.05, 0) is 31.6 Å². The fourth-order valence-corrected chi connectivity index (χ4v) is 4.34. The molecule has 172 valence electrons. The van der Waals surface area contributed by atoms with Crippen LogP contribution in [0.15, 0.2) is 17.2 Å². The molecule has 0 bridgehead atoms. The van der Waals surface area contributed by atoms with Crippen LogP contribution < -0.4 is 16.1 Å². The summed E-state index contributed by atoms with van der Waals surface area (Å²) >= 11 is 0. The van der Waals surface area contributed by atoms with E-state index in [0.717, 1.165) is 45.1 Å². The Balaban J connectivity index is 1.83. The molecule has 1 aromatic rings. The molecule has 7 heteroatoms. The van der Waals surface area contributed by atoms with Crippen LogP contribution in [0.5, 0.6) is 0 Å². The lowest BCUT2D eigenvalue weighted by molar-refractivity contribution is 0.0914. The molecule has 2 N–H and O–H groups in total. The number of rotatable bonds is 7. The zero-order valence-corrected chi connectivity index (χ0v) is 19.0. The number of nitrogens with one attached hydrogen (secondary N) is 2. The Hall–Kier alpha value is -2.15. The number of hydrogen-bond acceptors (Lipinski definition) is 4. The second-order valence-corrected chi connectivity index (χ2v) is 9.37. The van der Waals surface area contributed by atoms with Gasteiger partial charge in [-0.1, -0.05) is 46.0 Å². The number of aromatic nitrogens is 1. The smallest absolute Gasteiger partial charge is 0.256 e. The third kappa shape index (κ3) is 6.92. The van der Waals surface area contributed by atoms with Gasteiger partial charge in [0.15, 0.2) is 0 Å². The van der Waals surface area contributed by atoms with Crippen molar-refractivity contribution in [2.24, 2.45) is 5.92 Å². The summed E-state index contributed by atoms with van der Waals surface area (Å²) in [6.07, 6.45) is 12.8. The van der Waals surface area contributed by atoms with Gasteiger partial charge in [-0.3, -0.25) is 14.4 Å². The van der Waals surface area contributed by atoms with Crippen LogP contribution >= 0.6 is 0 Å². The highest BCUT2D eigenvalue weighted by Gasteiger charge is 2.23. The molecule has 0 unspecified atom stereocenters. The number of nitrogens with zero attached hydrogens (tertiary/aromatic N) is 1. The average molecular weight is 432 g/mol. The van der Waals surface area contributed by atoms with Crippen LogP contribution in [0.2, 0.25) is 0 Å². The Labute approximate surface area is 184 Å². The second kappa shape index (κ2) is 11.5. The summed E-state index contributed by atoms with van der Waals surface area (Å²) in [7, 11) is 0. The zero-order chi connectivity index (χ0) is 22.2. The second-order valence-electron chi connectivity index (χ2n) is 9.37. The highest BCUT2D eigenvalue weighted by molar-refractivity contribution is 5.99. The van der Waals surface area contributed by atoms with Crippen LogP contribution in [0.4, 0.5) is 0 Å². The van der Waals surface area contributed by atoms with E-state index in [2.05, 4.69) is 10.6 Å². The molecule has 2 aliphatic rings. The van der Waals surface area contributed by atoms with Gasteiger partial charge in [0.2, 0.25) is 5.43 Å². The van der Waals surface area contributed by atoms with E-state index in [1.165, 1.54) is 19.3 Å². The lowest BCUT2D eigenvalue weighted by Crippen LogP contribution is -2.40. The number of ether oxygens (including phenoxy) is 1. The van der Waals surface area contributed by atoms with Gasteiger partial charge >= 0.3 is 0 Å². The Bertz CT molecular complexity index is 804. The van der Waals surface area contributed by atoms with E-state index in [0.29, 0.717) is 13.1 Å². The van der Waals surface area contributed by atoms with Crippen molar-refractivity contribution in [3.8, 4) is 0 Å². The van der Waals surface area contributed by atoms with Crippen molar-refractivity contribution in [1.29, 1.82) is 0 Å². The molecule has 1 aromatic heterocycles. The van der Waals surface area contributed by atoms with Gasteiger partial charge < -0.3 is 19.9 Å². The Kier molecular flexibility index (Phi) is 8.69. The monoisotopic (exact) mass is 431 g/mol. The molecule has 0 spiro atoms. The predicted molar refractivity (Wildman–Crippen MR) is 120 cm³/mol. The summed E-state index contributed by atoms with van der Waals surface area (Å²) in [5, 5.41) is 5.87. The summed E-state index contributed by atoms with van der Waals surface area (Å²) in [5.74, 6) is -0.542. The summed E-state index contributed by atoms with van der Waals surface area (Å²) in [6, 6.07) is 0.0808. The maximum Gasteiger partial charge on any atom is 0.256 e. The van der Waals surface area contributed by atoms with Gasteiger partial charge in [0.05, 0.1) is 6.10 Å². The zero-order valence-electron chi connectivity index (χ0n) is 19.0. The molecule has 1 saturated carbocycles. The molecule has 2 fully saturated rings. The minimum atomic E-state index is -0.506. The molecule has 2 heterocycles. The first-order valence-corrected chi connectivity index (χ1v) is 11.9. The van der Waals surface area contributed by atoms with E-state index < -0.39 is 11.3 Å². The molecule has 1 aliphatic heterocycles. The Morgan fingerprint density at radius 1 is 1.00 bits per heavy atom. The standard InChI is InChI=1S/C24H37N3O4/c1-17(2)13-25-23(29)20-15-27(14-19-11-8-12-31-19)16-21(22(20)28)24(30)26-18-9-6-4-3-5-7-10-18/h15-19H,3-14H2,1-2H3,(H,25,29)(H,26,30)/t19-/m0/s1. The highest BCUT2D eigenvalue weighted by Crippen LogP contribution is 2.18. The molecule has 2 amide bonds. The molecule has 7 nitrogen and oxygen atoms in total. The fraction of sp³-hybridized carbons (Fsp3) is 0.708. The number of pyridine rings is 1. The van der Waals surface area contributed by atoms with Crippen molar-refractivity contribution in [2.75, 3.05) is 13.2 Å². The largest absolute Gasteiger partial charge is 0.376 e. The molecule has 0 aromatic carbocycles. The van der Waals surface area contributed by atoms with Gasteiger partial charge in [-0.2, -0.15) is 0 Å². The lowest BCUT2D eigenvalue weighted by Gasteiger charge is -2.21. The van der Waals surface area contributed by atoms with Crippen molar-refractivity contribution in [2.45, 2.75) is 90.3 Å². The third-order valence-electron chi connectivity index (χ3n) is 6.12. The number of carbonyl (C=O) groups is 2. The maximum atomic E-state index is 13.1. The van der Waals surface area contributed by atoms with E-state index in [-0.39, 0.29) is 35.1 Å². The Morgan fingerprint density at radius 2 is 1.65 bits per heavy atom. The summed E-state index contributed by atoms with van der Waals surface area (Å²) in [5.41, 5.74) is -0.450. The van der Waals surface area contributed by atoms with Crippen molar-refractivity contribution in [3.63, 3.8) is 0 Å². The van der Waals surface area contributed by atoms with Crippen LogP contribution in [0.25, 0.3) is 0 Å². The molecular formula is C24H37N3O4. The summed E-state index contributed by atoms with van der Waals surface area (Å²) in [4.78, 5) is 38.9. The molecule has 0 radical (unpaired) electrons.